The fourth-order valence-electron chi connectivity index (χ4n) is 6.88. The molecule has 0 bridgehead atoms. The molecule has 6 aromatic carbocycles. The second-order valence-corrected chi connectivity index (χ2v) is 11.2. The summed E-state index contributed by atoms with van der Waals surface area (Å²) in [6.45, 7) is 0. The molecule has 9 aromatic rings. The van der Waals surface area contributed by atoms with Crippen LogP contribution in [0.15, 0.2) is 164 Å². The first kappa shape index (κ1) is 24.6. The monoisotopic (exact) mass is 561 g/mol. The number of rotatable bonds is 4. The smallest absolute Gasteiger partial charge is 0.145 e. The molecule has 3 nitrogen and oxygen atoms in total. The third-order valence-electron chi connectivity index (χ3n) is 8.78. The molecule has 0 fully saturated rings. The highest BCUT2D eigenvalue weighted by molar-refractivity contribution is 6.18. The molecule has 0 aliphatic rings. The van der Waals surface area contributed by atoms with Crippen molar-refractivity contribution in [1.29, 1.82) is 0 Å². The summed E-state index contributed by atoms with van der Waals surface area (Å²) in [4.78, 5) is 4.88. The summed E-state index contributed by atoms with van der Waals surface area (Å²) in [5, 5.41) is 4.83. The van der Waals surface area contributed by atoms with Gasteiger partial charge in [0.2, 0.25) is 0 Å². The van der Waals surface area contributed by atoms with Crippen LogP contribution in [0.3, 0.4) is 0 Å². The summed E-state index contributed by atoms with van der Waals surface area (Å²) in [7, 11) is 0. The number of para-hydroxylation sites is 4. The van der Waals surface area contributed by atoms with Gasteiger partial charge in [-0.3, -0.25) is 4.57 Å². The second-order valence-electron chi connectivity index (χ2n) is 11.2. The van der Waals surface area contributed by atoms with E-state index in [0.29, 0.717) is 0 Å². The molecule has 0 atom stereocenters. The Morgan fingerprint density at radius 2 is 0.909 bits per heavy atom. The van der Waals surface area contributed by atoms with Crippen molar-refractivity contribution < 1.29 is 0 Å². The van der Waals surface area contributed by atoms with Crippen LogP contribution < -0.4 is 0 Å². The van der Waals surface area contributed by atoms with Crippen LogP contribution in [0.5, 0.6) is 0 Å². The first-order valence-corrected chi connectivity index (χ1v) is 15.0. The average Bonchev–Trinajstić information content (AvgIpc) is 3.63. The van der Waals surface area contributed by atoms with Crippen molar-refractivity contribution in [3.8, 4) is 33.6 Å². The van der Waals surface area contributed by atoms with Gasteiger partial charge in [-0.25, -0.2) is 4.98 Å². The number of nitrogens with zero attached hydrogens (tertiary/aromatic N) is 3. The maximum Gasteiger partial charge on any atom is 0.145 e. The van der Waals surface area contributed by atoms with Gasteiger partial charge in [-0.15, -0.1) is 0 Å². The minimum absolute atomic E-state index is 0.963. The van der Waals surface area contributed by atoms with Crippen molar-refractivity contribution in [2.75, 3.05) is 0 Å². The summed E-state index contributed by atoms with van der Waals surface area (Å²) in [6, 6.07) is 56.4. The summed E-state index contributed by atoms with van der Waals surface area (Å²) < 4.78 is 4.75. The predicted molar refractivity (Wildman–Crippen MR) is 184 cm³/mol. The lowest BCUT2D eigenvalue weighted by atomic mass is 9.99. The Labute approximate surface area is 254 Å². The van der Waals surface area contributed by atoms with Crippen molar-refractivity contribution in [1.82, 2.24) is 14.1 Å². The van der Waals surface area contributed by atoms with Gasteiger partial charge in [-0.1, -0.05) is 115 Å². The van der Waals surface area contributed by atoms with Crippen LogP contribution >= 0.6 is 0 Å². The lowest BCUT2D eigenvalue weighted by Crippen LogP contribution is -1.98. The molecule has 0 amide bonds. The van der Waals surface area contributed by atoms with Gasteiger partial charge in [-0.2, -0.15) is 0 Å². The van der Waals surface area contributed by atoms with Crippen molar-refractivity contribution in [2.45, 2.75) is 0 Å². The van der Waals surface area contributed by atoms with E-state index in [1.54, 1.807) is 0 Å². The molecule has 0 saturated carbocycles. The Morgan fingerprint density at radius 1 is 0.364 bits per heavy atom. The Bertz CT molecular complexity index is 2470. The van der Waals surface area contributed by atoms with Crippen molar-refractivity contribution >= 4 is 43.7 Å². The Hall–Kier alpha value is -5.93. The zero-order valence-electron chi connectivity index (χ0n) is 23.9. The van der Waals surface area contributed by atoms with Crippen molar-refractivity contribution in [3.05, 3.63) is 164 Å². The fourth-order valence-corrected chi connectivity index (χ4v) is 6.88. The minimum atomic E-state index is 0.963. The number of hydrogen-bond acceptors (Lipinski definition) is 1. The molecule has 3 heterocycles. The van der Waals surface area contributed by atoms with E-state index >= 15 is 0 Å². The van der Waals surface area contributed by atoms with E-state index in [1.165, 1.54) is 49.4 Å². The zero-order valence-corrected chi connectivity index (χ0v) is 23.9. The third kappa shape index (κ3) is 3.66. The van der Waals surface area contributed by atoms with E-state index in [2.05, 4.69) is 161 Å². The molecular formula is C41H27N3. The third-order valence-corrected chi connectivity index (χ3v) is 8.78. The number of hydrogen-bond donors (Lipinski definition) is 0. The van der Waals surface area contributed by atoms with Crippen LogP contribution in [0.1, 0.15) is 0 Å². The van der Waals surface area contributed by atoms with Gasteiger partial charge in [0.1, 0.15) is 5.65 Å². The second kappa shape index (κ2) is 9.82. The lowest BCUT2D eigenvalue weighted by molar-refractivity contribution is 1.14. The topological polar surface area (TPSA) is 22.8 Å². The summed E-state index contributed by atoms with van der Waals surface area (Å²) in [5.74, 6) is 0. The van der Waals surface area contributed by atoms with E-state index in [1.807, 2.05) is 12.3 Å². The van der Waals surface area contributed by atoms with E-state index in [0.717, 1.165) is 27.9 Å². The highest BCUT2D eigenvalue weighted by atomic mass is 15.0. The summed E-state index contributed by atoms with van der Waals surface area (Å²) in [5.41, 5.74) is 11.6. The van der Waals surface area contributed by atoms with E-state index in [4.69, 9.17) is 4.98 Å². The highest BCUT2D eigenvalue weighted by Gasteiger charge is 2.21. The largest absolute Gasteiger partial charge is 0.309 e. The lowest BCUT2D eigenvalue weighted by Gasteiger charge is -2.15. The molecule has 206 valence electrons. The fraction of sp³-hybridized carbons (Fsp3) is 0. The normalized spacial score (nSPS) is 11.6. The van der Waals surface area contributed by atoms with Crippen LogP contribution in [-0.2, 0) is 0 Å². The van der Waals surface area contributed by atoms with Crippen LogP contribution in [0.25, 0.3) is 77.4 Å². The Balaban J connectivity index is 1.38. The maximum absolute atomic E-state index is 4.88. The molecule has 44 heavy (non-hydrogen) atoms. The van der Waals surface area contributed by atoms with Gasteiger partial charge in [0.15, 0.2) is 0 Å². The Morgan fingerprint density at radius 3 is 1.66 bits per heavy atom. The molecule has 0 aliphatic carbocycles. The SMILES string of the molecule is c1ccc(-c2ccc(-n3c4ccccc4c4cccc(-c5cccc6c7cccnc7n(-c7ccccc7)c56)c43)cc2)cc1. The number of benzene rings is 6. The highest BCUT2D eigenvalue weighted by Crippen LogP contribution is 2.43. The van der Waals surface area contributed by atoms with E-state index < -0.39 is 0 Å². The van der Waals surface area contributed by atoms with Gasteiger partial charge in [-0.05, 0) is 53.6 Å². The van der Waals surface area contributed by atoms with Crippen LogP contribution in [-0.4, -0.2) is 14.1 Å². The van der Waals surface area contributed by atoms with Gasteiger partial charge < -0.3 is 4.57 Å². The molecule has 0 saturated heterocycles. The van der Waals surface area contributed by atoms with Crippen LogP contribution in [0.4, 0.5) is 0 Å². The van der Waals surface area contributed by atoms with Gasteiger partial charge in [0, 0.05) is 50.2 Å². The number of pyridine rings is 1. The molecule has 3 aromatic heterocycles. The molecule has 0 radical (unpaired) electrons. The molecule has 9 rings (SSSR count). The van der Waals surface area contributed by atoms with Crippen molar-refractivity contribution in [3.63, 3.8) is 0 Å². The number of fused-ring (bicyclic) bond motifs is 6. The van der Waals surface area contributed by atoms with Gasteiger partial charge >= 0.3 is 0 Å². The first-order valence-electron chi connectivity index (χ1n) is 15.0. The van der Waals surface area contributed by atoms with Gasteiger partial charge in [0.25, 0.3) is 0 Å². The van der Waals surface area contributed by atoms with Crippen molar-refractivity contribution in [2.24, 2.45) is 0 Å². The minimum Gasteiger partial charge on any atom is -0.309 e. The molecule has 0 spiro atoms. The maximum atomic E-state index is 4.88. The van der Waals surface area contributed by atoms with E-state index in [-0.39, 0.29) is 0 Å². The molecule has 3 heteroatoms. The van der Waals surface area contributed by atoms with Crippen LogP contribution in [0.2, 0.25) is 0 Å². The predicted octanol–water partition coefficient (Wildman–Crippen LogP) is 10.6. The molecule has 0 aliphatic heterocycles. The van der Waals surface area contributed by atoms with E-state index in [9.17, 15) is 0 Å². The standard InChI is InChI=1S/C41H27N3/c1-3-12-28(13-4-1)29-23-25-31(26-24-29)43-38-22-8-7-16-32(38)33-17-9-18-34(39(33)43)35-19-10-20-36-37-21-11-27-42-41(37)44(40(35)36)30-14-5-2-6-15-30/h1-27H. The first-order chi connectivity index (χ1) is 21.9. The average molecular weight is 562 g/mol. The quantitative estimate of drug-likeness (QED) is 0.210. The molecule has 0 N–H and O–H groups in total. The number of aromatic nitrogens is 3. The summed E-state index contributed by atoms with van der Waals surface area (Å²) in [6.07, 6.45) is 1.89. The summed E-state index contributed by atoms with van der Waals surface area (Å²) >= 11 is 0. The molecular weight excluding hydrogens is 534 g/mol. The van der Waals surface area contributed by atoms with Crippen LogP contribution in [0, 0.1) is 0 Å². The zero-order chi connectivity index (χ0) is 29.0. The van der Waals surface area contributed by atoms with Gasteiger partial charge in [0.05, 0.1) is 16.6 Å². The molecule has 0 unspecified atom stereocenters. The Kier molecular flexibility index (Phi) is 5.50.